The normalized spacial score (nSPS) is 17.7. The van der Waals surface area contributed by atoms with E-state index in [1.165, 1.54) is 12.2 Å². The van der Waals surface area contributed by atoms with Gasteiger partial charge in [0.15, 0.2) is 0 Å². The average Bonchev–Trinajstić information content (AvgIpc) is 2.42. The highest BCUT2D eigenvalue weighted by molar-refractivity contribution is 14.1. The summed E-state index contributed by atoms with van der Waals surface area (Å²) in [5.41, 5.74) is 2.75. The number of carbonyl (C=O) groups excluding carboxylic acids is 2. The molecule has 2 amide bonds. The summed E-state index contributed by atoms with van der Waals surface area (Å²) in [4.78, 5) is 22.5. The number of nitrogens with zero attached hydrogens (tertiary/aromatic N) is 1. The maximum absolute atomic E-state index is 11.2. The second kappa shape index (κ2) is 4.84. The Morgan fingerprint density at radius 3 is 2.20 bits per heavy atom. The summed E-state index contributed by atoms with van der Waals surface area (Å²) in [6, 6.07) is -0.307. The highest BCUT2D eigenvalue weighted by atomic mass is 127. The lowest BCUT2D eigenvalue weighted by atomic mass is 10.1. The zero-order valence-electron chi connectivity index (χ0n) is 8.45. The summed E-state index contributed by atoms with van der Waals surface area (Å²) < 4.78 is 0.370. The summed E-state index contributed by atoms with van der Waals surface area (Å²) in [5.74, 6) is -0.637. The molecule has 2 N–H and O–H groups in total. The summed E-state index contributed by atoms with van der Waals surface area (Å²) in [6.07, 6.45) is 2.42. The van der Waals surface area contributed by atoms with Gasteiger partial charge in [-0.25, -0.2) is 10.4 Å². The average molecular weight is 321 g/mol. The Labute approximate surface area is 102 Å². The number of nitrogens with one attached hydrogen (secondary N) is 2. The van der Waals surface area contributed by atoms with Crippen LogP contribution in [0.5, 0.6) is 0 Å². The van der Waals surface area contributed by atoms with E-state index < -0.39 is 0 Å². The third-order valence-corrected chi connectivity index (χ3v) is 2.69. The number of halogens is 1. The van der Waals surface area contributed by atoms with Crippen LogP contribution in [0.25, 0.3) is 0 Å². The van der Waals surface area contributed by atoms with E-state index in [1.54, 1.807) is 0 Å². The number of amides is 2. The number of imide groups is 1. The lowest BCUT2D eigenvalue weighted by Gasteiger charge is -2.25. The minimum Gasteiger partial charge on any atom is -0.297 e. The van der Waals surface area contributed by atoms with Crippen LogP contribution in [-0.2, 0) is 9.59 Å². The van der Waals surface area contributed by atoms with Crippen molar-refractivity contribution in [2.45, 2.75) is 19.9 Å². The maximum Gasteiger partial charge on any atom is 0.268 e. The highest BCUT2D eigenvalue weighted by Gasteiger charge is 2.28. The maximum atomic E-state index is 11.2. The van der Waals surface area contributed by atoms with Gasteiger partial charge in [-0.15, -0.1) is 0 Å². The molecule has 0 aromatic carbocycles. The van der Waals surface area contributed by atoms with Gasteiger partial charge in [-0.1, -0.05) is 13.8 Å². The third kappa shape index (κ3) is 2.85. The van der Waals surface area contributed by atoms with Gasteiger partial charge in [-0.3, -0.25) is 15.0 Å². The Bertz CT molecular complexity index is 320. The minimum atomic E-state index is -0.386. The molecule has 0 saturated carbocycles. The molecule has 6 heteroatoms. The molecule has 1 heterocycles. The van der Waals surface area contributed by atoms with E-state index in [-0.39, 0.29) is 23.8 Å². The van der Waals surface area contributed by atoms with Gasteiger partial charge in [0.2, 0.25) is 0 Å². The molecule has 0 aliphatic carbocycles. The SMILES string of the molecule is CC(C)C(NN1C(=O)C=CC1=O)C(=N)I. The summed E-state index contributed by atoms with van der Waals surface area (Å²) in [5, 5.41) is 8.47. The predicted octanol–water partition coefficient (Wildman–Crippen LogP) is 0.853. The fourth-order valence-electron chi connectivity index (χ4n) is 1.16. The zero-order valence-corrected chi connectivity index (χ0v) is 10.6. The number of hydrogen-bond acceptors (Lipinski definition) is 4. The molecule has 5 nitrogen and oxygen atoms in total. The molecule has 0 radical (unpaired) electrons. The Morgan fingerprint density at radius 1 is 1.40 bits per heavy atom. The molecule has 1 unspecified atom stereocenters. The van der Waals surface area contributed by atoms with Gasteiger partial charge in [0.1, 0.15) is 0 Å². The van der Waals surface area contributed by atoms with Crippen molar-refractivity contribution in [2.75, 3.05) is 0 Å². The first kappa shape index (κ1) is 12.3. The van der Waals surface area contributed by atoms with E-state index >= 15 is 0 Å². The first-order chi connectivity index (χ1) is 6.93. The van der Waals surface area contributed by atoms with Gasteiger partial charge in [-0.2, -0.15) is 0 Å². The lowest BCUT2D eigenvalue weighted by molar-refractivity contribution is -0.141. The first-order valence-corrected chi connectivity index (χ1v) is 5.57. The van der Waals surface area contributed by atoms with Crippen LogP contribution in [0.3, 0.4) is 0 Å². The van der Waals surface area contributed by atoms with E-state index in [4.69, 9.17) is 5.41 Å². The fraction of sp³-hybridized carbons (Fsp3) is 0.444. The van der Waals surface area contributed by atoms with Crippen LogP contribution in [0, 0.1) is 11.3 Å². The second-order valence-corrected chi connectivity index (χ2v) is 4.71. The van der Waals surface area contributed by atoms with E-state index in [1.807, 2.05) is 36.4 Å². The van der Waals surface area contributed by atoms with Crippen LogP contribution in [0.15, 0.2) is 12.2 Å². The minimum absolute atomic E-state index is 0.135. The number of hydrazine groups is 1. The van der Waals surface area contributed by atoms with Crippen molar-refractivity contribution in [3.63, 3.8) is 0 Å². The smallest absolute Gasteiger partial charge is 0.268 e. The van der Waals surface area contributed by atoms with Gasteiger partial charge in [-0.05, 0) is 28.5 Å². The van der Waals surface area contributed by atoms with Crippen molar-refractivity contribution in [1.82, 2.24) is 10.4 Å². The van der Waals surface area contributed by atoms with E-state index in [9.17, 15) is 9.59 Å². The van der Waals surface area contributed by atoms with E-state index in [0.717, 1.165) is 5.01 Å². The Morgan fingerprint density at radius 2 is 1.87 bits per heavy atom. The van der Waals surface area contributed by atoms with Crippen molar-refractivity contribution in [3.05, 3.63) is 12.2 Å². The molecule has 0 aromatic rings. The molecular weight excluding hydrogens is 309 g/mol. The molecule has 0 bridgehead atoms. The molecule has 82 valence electrons. The van der Waals surface area contributed by atoms with Crippen molar-refractivity contribution < 1.29 is 9.59 Å². The number of hydrogen-bond donors (Lipinski definition) is 2. The van der Waals surface area contributed by atoms with Crippen molar-refractivity contribution >= 4 is 38.1 Å². The molecule has 1 atom stereocenters. The van der Waals surface area contributed by atoms with Crippen LogP contribution in [0.4, 0.5) is 0 Å². The molecule has 0 spiro atoms. The van der Waals surface area contributed by atoms with Gasteiger partial charge in [0.25, 0.3) is 11.8 Å². The Balaban J connectivity index is 2.71. The second-order valence-electron chi connectivity index (χ2n) is 3.54. The van der Waals surface area contributed by atoms with Gasteiger partial charge in [0.05, 0.1) is 9.76 Å². The first-order valence-electron chi connectivity index (χ1n) is 4.49. The van der Waals surface area contributed by atoms with Crippen LogP contribution in [0.2, 0.25) is 0 Å². The van der Waals surface area contributed by atoms with E-state index in [0.29, 0.717) is 3.72 Å². The van der Waals surface area contributed by atoms with Gasteiger partial charge in [0, 0.05) is 12.2 Å². The molecule has 0 aromatic heterocycles. The van der Waals surface area contributed by atoms with Gasteiger partial charge < -0.3 is 0 Å². The standard InChI is InChI=1S/C9H12IN3O2/c1-5(2)8(9(10)11)12-13-6(14)3-4-7(13)15/h3-5,8,11-12H,1-2H3. The molecule has 1 aliphatic heterocycles. The van der Waals surface area contributed by atoms with Crippen LogP contribution < -0.4 is 5.43 Å². The van der Waals surface area contributed by atoms with Gasteiger partial charge >= 0.3 is 0 Å². The predicted molar refractivity (Wildman–Crippen MR) is 64.5 cm³/mol. The zero-order chi connectivity index (χ0) is 11.6. The van der Waals surface area contributed by atoms with Crippen LogP contribution in [-0.4, -0.2) is 26.6 Å². The monoisotopic (exact) mass is 321 g/mol. The molecule has 15 heavy (non-hydrogen) atoms. The number of rotatable bonds is 4. The summed E-state index contributed by atoms with van der Waals surface area (Å²) in [7, 11) is 0. The molecular formula is C9H12IN3O2. The molecule has 0 saturated heterocycles. The quantitative estimate of drug-likeness (QED) is 0.458. The van der Waals surface area contributed by atoms with E-state index in [2.05, 4.69) is 5.43 Å². The molecule has 1 aliphatic rings. The third-order valence-electron chi connectivity index (χ3n) is 2.02. The Kier molecular flexibility index (Phi) is 3.97. The lowest BCUT2D eigenvalue weighted by Crippen LogP contribution is -2.52. The van der Waals surface area contributed by atoms with Crippen molar-refractivity contribution in [3.8, 4) is 0 Å². The topological polar surface area (TPSA) is 73.3 Å². The van der Waals surface area contributed by atoms with Crippen molar-refractivity contribution in [1.29, 1.82) is 5.41 Å². The fourth-order valence-corrected chi connectivity index (χ4v) is 2.02. The number of carbonyl (C=O) groups is 2. The molecule has 0 fully saturated rings. The Hall–Kier alpha value is -0.760. The summed E-state index contributed by atoms with van der Waals surface area (Å²) >= 11 is 1.87. The molecule has 1 rings (SSSR count). The van der Waals surface area contributed by atoms with Crippen LogP contribution in [0.1, 0.15) is 13.8 Å². The highest BCUT2D eigenvalue weighted by Crippen LogP contribution is 2.10. The largest absolute Gasteiger partial charge is 0.297 e. The summed E-state index contributed by atoms with van der Waals surface area (Å²) in [6.45, 7) is 3.84. The van der Waals surface area contributed by atoms with Crippen molar-refractivity contribution in [2.24, 2.45) is 5.92 Å². The van der Waals surface area contributed by atoms with Crippen LogP contribution >= 0.6 is 22.6 Å².